The number of anilines is 1. The summed E-state index contributed by atoms with van der Waals surface area (Å²) in [6, 6.07) is 21.1. The van der Waals surface area contributed by atoms with Crippen molar-refractivity contribution in [2.45, 2.75) is 12.6 Å². The molecule has 0 fully saturated rings. The van der Waals surface area contributed by atoms with Crippen LogP contribution in [0.25, 0.3) is 0 Å². The Bertz CT molecular complexity index is 1080. The van der Waals surface area contributed by atoms with Crippen LogP contribution in [0.2, 0.25) is 0 Å². The molecule has 3 aromatic rings. The van der Waals surface area contributed by atoms with Gasteiger partial charge in [-0.1, -0.05) is 48.5 Å². The van der Waals surface area contributed by atoms with Gasteiger partial charge in [0.2, 0.25) is 0 Å². The van der Waals surface area contributed by atoms with Crippen molar-refractivity contribution in [3.63, 3.8) is 0 Å². The Morgan fingerprint density at radius 2 is 1.70 bits per heavy atom. The summed E-state index contributed by atoms with van der Waals surface area (Å²) in [6.45, 7) is 0.377. The van der Waals surface area contributed by atoms with E-state index in [1.54, 1.807) is 36.3 Å². The van der Waals surface area contributed by atoms with E-state index in [0.717, 1.165) is 11.1 Å². The summed E-state index contributed by atoms with van der Waals surface area (Å²) in [5, 5.41) is 2.92. The van der Waals surface area contributed by atoms with Crippen LogP contribution in [0.4, 0.5) is 5.69 Å². The van der Waals surface area contributed by atoms with Crippen LogP contribution in [0, 0.1) is 0 Å². The molecule has 2 amide bonds. The Kier molecular flexibility index (Phi) is 5.39. The number of carbonyl (C=O) groups excluding carboxylic acids is 2. The van der Waals surface area contributed by atoms with Gasteiger partial charge < -0.3 is 19.7 Å². The van der Waals surface area contributed by atoms with E-state index in [0.29, 0.717) is 29.3 Å². The Morgan fingerprint density at radius 1 is 0.967 bits per heavy atom. The number of carbonyl (C=O) groups is 2. The second kappa shape index (κ2) is 8.29. The minimum Gasteiger partial charge on any atom is -0.497 e. The number of ether oxygens (including phenoxy) is 2. The summed E-state index contributed by atoms with van der Waals surface area (Å²) >= 11 is 0. The van der Waals surface area contributed by atoms with Crippen LogP contribution in [0.5, 0.6) is 11.5 Å². The zero-order valence-electron chi connectivity index (χ0n) is 16.8. The van der Waals surface area contributed by atoms with Crippen molar-refractivity contribution in [1.29, 1.82) is 0 Å². The fraction of sp³-hybridized carbons (Fsp3) is 0.167. The molecule has 1 aliphatic heterocycles. The van der Waals surface area contributed by atoms with E-state index in [9.17, 15) is 9.59 Å². The van der Waals surface area contributed by atoms with Gasteiger partial charge in [-0.05, 0) is 29.3 Å². The van der Waals surface area contributed by atoms with Gasteiger partial charge in [0.25, 0.3) is 11.8 Å². The molecule has 152 valence electrons. The van der Waals surface area contributed by atoms with E-state index in [4.69, 9.17) is 9.47 Å². The van der Waals surface area contributed by atoms with Crippen molar-refractivity contribution in [2.24, 2.45) is 0 Å². The molecule has 6 nitrogen and oxygen atoms in total. The molecule has 30 heavy (non-hydrogen) atoms. The molecule has 0 spiro atoms. The lowest BCUT2D eigenvalue weighted by molar-refractivity contribution is -0.120. The molecule has 0 bridgehead atoms. The zero-order chi connectivity index (χ0) is 21.1. The van der Waals surface area contributed by atoms with Gasteiger partial charge in [-0.15, -0.1) is 0 Å². The normalized spacial score (nSPS) is 13.5. The number of fused-ring (bicyclic) bond motifs is 1. The van der Waals surface area contributed by atoms with Gasteiger partial charge in [0.05, 0.1) is 19.9 Å². The highest BCUT2D eigenvalue weighted by atomic mass is 16.5. The lowest BCUT2D eigenvalue weighted by atomic mass is 10.0. The molecule has 4 rings (SSSR count). The fourth-order valence-corrected chi connectivity index (χ4v) is 3.70. The van der Waals surface area contributed by atoms with Gasteiger partial charge in [-0.3, -0.25) is 9.59 Å². The van der Waals surface area contributed by atoms with Crippen LogP contribution >= 0.6 is 0 Å². The summed E-state index contributed by atoms with van der Waals surface area (Å²) in [5.41, 5.74) is 2.79. The molecule has 1 aliphatic rings. The first-order valence-electron chi connectivity index (χ1n) is 9.59. The molecule has 0 saturated carbocycles. The first-order chi connectivity index (χ1) is 14.6. The van der Waals surface area contributed by atoms with E-state index in [1.807, 2.05) is 48.5 Å². The Balaban J connectivity index is 1.68. The number of benzene rings is 3. The van der Waals surface area contributed by atoms with Crippen molar-refractivity contribution in [2.75, 3.05) is 19.5 Å². The smallest absolute Gasteiger partial charge is 0.255 e. The topological polar surface area (TPSA) is 67.9 Å². The highest BCUT2D eigenvalue weighted by Crippen LogP contribution is 2.34. The van der Waals surface area contributed by atoms with Gasteiger partial charge in [0.1, 0.15) is 17.5 Å². The third kappa shape index (κ3) is 3.59. The highest BCUT2D eigenvalue weighted by Gasteiger charge is 2.37. The number of hydrogen-bond acceptors (Lipinski definition) is 4. The summed E-state index contributed by atoms with van der Waals surface area (Å²) < 4.78 is 10.6. The monoisotopic (exact) mass is 402 g/mol. The van der Waals surface area contributed by atoms with Gasteiger partial charge in [0, 0.05) is 18.2 Å². The number of methoxy groups -OCH3 is 2. The van der Waals surface area contributed by atoms with Crippen LogP contribution in [-0.2, 0) is 11.3 Å². The van der Waals surface area contributed by atoms with Crippen LogP contribution in [0.1, 0.15) is 27.5 Å². The molecule has 1 N–H and O–H groups in total. The van der Waals surface area contributed by atoms with Crippen LogP contribution in [0.15, 0.2) is 72.8 Å². The van der Waals surface area contributed by atoms with Gasteiger partial charge >= 0.3 is 0 Å². The Labute approximate surface area is 175 Å². The standard InChI is InChI=1S/C24H22N2O4/c1-29-18-12-13-20(21(14-18)30-2)25-23(27)22(16-8-4-3-5-9-16)26-15-17-10-6-7-11-19(17)24(26)28/h3-14,22H,15H2,1-2H3,(H,25,27)/t22-/m1/s1. The molecular weight excluding hydrogens is 380 g/mol. The number of rotatable bonds is 6. The van der Waals surface area contributed by atoms with Crippen LogP contribution < -0.4 is 14.8 Å². The molecule has 1 atom stereocenters. The van der Waals surface area contributed by atoms with Crippen molar-refractivity contribution < 1.29 is 19.1 Å². The minimum atomic E-state index is -0.780. The van der Waals surface area contributed by atoms with Gasteiger partial charge in [0.15, 0.2) is 0 Å². The van der Waals surface area contributed by atoms with E-state index < -0.39 is 6.04 Å². The third-order valence-corrected chi connectivity index (χ3v) is 5.19. The predicted octanol–water partition coefficient (Wildman–Crippen LogP) is 4.04. The largest absolute Gasteiger partial charge is 0.497 e. The molecule has 0 radical (unpaired) electrons. The summed E-state index contributed by atoms with van der Waals surface area (Å²) in [4.78, 5) is 28.1. The Hall–Kier alpha value is -3.80. The van der Waals surface area contributed by atoms with Crippen LogP contribution in [-0.4, -0.2) is 30.9 Å². The second-order valence-corrected chi connectivity index (χ2v) is 6.96. The quantitative estimate of drug-likeness (QED) is 0.676. The van der Waals surface area contributed by atoms with E-state index in [-0.39, 0.29) is 11.8 Å². The first kappa shape index (κ1) is 19.5. The number of hydrogen-bond donors (Lipinski definition) is 1. The number of nitrogens with zero attached hydrogens (tertiary/aromatic N) is 1. The zero-order valence-corrected chi connectivity index (χ0v) is 16.8. The maximum absolute atomic E-state index is 13.4. The molecule has 3 aromatic carbocycles. The van der Waals surface area contributed by atoms with Gasteiger partial charge in [-0.2, -0.15) is 0 Å². The first-order valence-corrected chi connectivity index (χ1v) is 9.59. The Morgan fingerprint density at radius 3 is 2.40 bits per heavy atom. The van der Waals surface area contributed by atoms with Crippen molar-refractivity contribution >= 4 is 17.5 Å². The minimum absolute atomic E-state index is 0.156. The second-order valence-electron chi connectivity index (χ2n) is 6.96. The molecule has 0 aromatic heterocycles. The summed E-state index contributed by atoms with van der Waals surface area (Å²) in [5.74, 6) is 0.627. The van der Waals surface area contributed by atoms with E-state index >= 15 is 0 Å². The van der Waals surface area contributed by atoms with E-state index in [1.165, 1.54) is 7.11 Å². The van der Waals surface area contributed by atoms with Crippen LogP contribution in [0.3, 0.4) is 0 Å². The molecule has 0 unspecified atom stereocenters. The lowest BCUT2D eigenvalue weighted by Gasteiger charge is -2.27. The molecule has 0 aliphatic carbocycles. The number of amides is 2. The van der Waals surface area contributed by atoms with Gasteiger partial charge in [-0.25, -0.2) is 0 Å². The average molecular weight is 402 g/mol. The lowest BCUT2D eigenvalue weighted by Crippen LogP contribution is -2.37. The highest BCUT2D eigenvalue weighted by molar-refractivity contribution is 6.04. The predicted molar refractivity (Wildman–Crippen MR) is 114 cm³/mol. The molecule has 1 heterocycles. The number of nitrogens with one attached hydrogen (secondary N) is 1. The summed E-state index contributed by atoms with van der Waals surface area (Å²) in [6.07, 6.45) is 0. The maximum Gasteiger partial charge on any atom is 0.255 e. The SMILES string of the molecule is COc1ccc(NC(=O)[C@@H](c2ccccc2)N2Cc3ccccc3C2=O)c(OC)c1. The maximum atomic E-state index is 13.4. The molecular formula is C24H22N2O4. The van der Waals surface area contributed by atoms with E-state index in [2.05, 4.69) is 5.32 Å². The van der Waals surface area contributed by atoms with Crippen molar-refractivity contribution in [1.82, 2.24) is 4.90 Å². The third-order valence-electron chi connectivity index (χ3n) is 5.19. The van der Waals surface area contributed by atoms with Crippen molar-refractivity contribution in [3.8, 4) is 11.5 Å². The molecule has 6 heteroatoms. The molecule has 0 saturated heterocycles. The fourth-order valence-electron chi connectivity index (χ4n) is 3.70. The average Bonchev–Trinajstić information content (AvgIpc) is 3.11. The summed E-state index contributed by atoms with van der Waals surface area (Å²) in [7, 11) is 3.09. The van der Waals surface area contributed by atoms with Crippen molar-refractivity contribution in [3.05, 3.63) is 89.5 Å².